The molecule has 0 radical (unpaired) electrons. The monoisotopic (exact) mass is 291 g/mol. The summed E-state index contributed by atoms with van der Waals surface area (Å²) in [5, 5.41) is 3.62. The molecule has 19 heavy (non-hydrogen) atoms. The van der Waals surface area contributed by atoms with Crippen molar-refractivity contribution in [2.24, 2.45) is 0 Å². The zero-order valence-electron chi connectivity index (χ0n) is 10.8. The number of hydrogen-bond acceptors (Lipinski definition) is 5. The number of rotatable bonds is 4. The molecule has 2 atom stereocenters. The Morgan fingerprint density at radius 1 is 1.47 bits per heavy atom. The number of urea groups is 1. The first-order chi connectivity index (χ1) is 8.83. The second kappa shape index (κ2) is 4.97. The van der Waals surface area contributed by atoms with Crippen LogP contribution >= 0.6 is 0 Å². The molecule has 9 heteroatoms. The van der Waals surface area contributed by atoms with Crippen molar-refractivity contribution >= 4 is 21.8 Å². The molecule has 0 aromatic rings. The number of piperidine rings is 1. The van der Waals surface area contributed by atoms with Crippen LogP contribution in [0.2, 0.25) is 0 Å². The first-order valence-electron chi connectivity index (χ1n) is 5.93. The maximum absolute atomic E-state index is 12.0. The minimum Gasteiger partial charge on any atom is -0.340 e. The average molecular weight is 291 g/mol. The van der Waals surface area contributed by atoms with Crippen molar-refractivity contribution in [1.82, 2.24) is 15.3 Å². The van der Waals surface area contributed by atoms with Gasteiger partial charge >= 0.3 is 6.03 Å². The highest BCUT2D eigenvalue weighted by molar-refractivity contribution is 7.90. The van der Waals surface area contributed by atoms with Crippen molar-refractivity contribution < 1.29 is 22.8 Å². The van der Waals surface area contributed by atoms with E-state index in [9.17, 15) is 18.0 Å². The normalized spacial score (nSPS) is 26.7. The number of hydrogen-bond donors (Lipinski definition) is 1. The fourth-order valence-corrected chi connectivity index (χ4v) is 2.86. The van der Waals surface area contributed by atoms with Gasteiger partial charge in [-0.25, -0.2) is 13.2 Å². The van der Waals surface area contributed by atoms with Gasteiger partial charge in [0.05, 0.1) is 13.2 Å². The highest BCUT2D eigenvalue weighted by Gasteiger charge is 2.47. The molecule has 2 fully saturated rings. The van der Waals surface area contributed by atoms with Crippen LogP contribution in [0.5, 0.6) is 0 Å². The second-order valence-corrected chi connectivity index (χ2v) is 6.94. The molecule has 1 N–H and O–H groups in total. The quantitative estimate of drug-likeness (QED) is 0.712. The third-order valence-corrected chi connectivity index (χ3v) is 4.00. The highest BCUT2D eigenvalue weighted by atomic mass is 32.2. The van der Waals surface area contributed by atoms with E-state index in [4.69, 9.17) is 4.84 Å². The van der Waals surface area contributed by atoms with Crippen LogP contribution in [0.15, 0.2) is 0 Å². The van der Waals surface area contributed by atoms with E-state index in [0.717, 1.165) is 6.26 Å². The predicted octanol–water partition coefficient (Wildman–Crippen LogP) is -1.07. The maximum Gasteiger partial charge on any atom is 0.345 e. The third-order valence-electron chi connectivity index (χ3n) is 3.33. The molecule has 2 saturated heterocycles. The predicted molar refractivity (Wildman–Crippen MR) is 65.6 cm³/mol. The van der Waals surface area contributed by atoms with Crippen molar-refractivity contribution in [1.29, 1.82) is 0 Å². The van der Waals surface area contributed by atoms with Gasteiger partial charge in [-0.2, -0.15) is 5.06 Å². The molecule has 0 aliphatic carbocycles. The molecule has 2 bridgehead atoms. The first kappa shape index (κ1) is 14.1. The van der Waals surface area contributed by atoms with Crippen LogP contribution in [0.3, 0.4) is 0 Å². The van der Waals surface area contributed by atoms with Gasteiger partial charge in [0.2, 0.25) is 5.91 Å². The zero-order chi connectivity index (χ0) is 14.2. The van der Waals surface area contributed by atoms with Crippen LogP contribution in [0, 0.1) is 0 Å². The lowest BCUT2D eigenvalue weighted by Gasteiger charge is -2.29. The zero-order valence-corrected chi connectivity index (χ0v) is 11.6. The molecule has 108 valence electrons. The Labute approximate surface area is 111 Å². The van der Waals surface area contributed by atoms with Gasteiger partial charge in [-0.1, -0.05) is 0 Å². The summed E-state index contributed by atoms with van der Waals surface area (Å²) >= 11 is 0. The van der Waals surface area contributed by atoms with Gasteiger partial charge in [0.25, 0.3) is 0 Å². The number of sulfone groups is 1. The van der Waals surface area contributed by atoms with Gasteiger partial charge in [0.15, 0.2) is 9.84 Å². The van der Waals surface area contributed by atoms with Gasteiger partial charge < -0.3 is 10.2 Å². The average Bonchev–Trinajstić information content (AvgIpc) is 2.58. The number of nitrogens with zero attached hydrogens (tertiary/aromatic N) is 2. The molecule has 0 saturated carbocycles. The van der Waals surface area contributed by atoms with Crippen molar-refractivity contribution in [3.63, 3.8) is 0 Å². The Morgan fingerprint density at radius 2 is 2.16 bits per heavy atom. The lowest BCUT2D eigenvalue weighted by atomic mass is 10.0. The van der Waals surface area contributed by atoms with E-state index in [2.05, 4.69) is 5.32 Å². The SMILES string of the molecule is CON1C(=O)N2C[C@H]1CC[C@H]2C(=O)NCS(C)(=O)=O. The summed E-state index contributed by atoms with van der Waals surface area (Å²) in [4.78, 5) is 30.3. The summed E-state index contributed by atoms with van der Waals surface area (Å²) in [7, 11) is -1.86. The summed E-state index contributed by atoms with van der Waals surface area (Å²) in [6.07, 6.45) is 2.21. The summed E-state index contributed by atoms with van der Waals surface area (Å²) in [5.41, 5.74) is 0. The highest BCUT2D eigenvalue weighted by Crippen LogP contribution is 2.29. The first-order valence-corrected chi connectivity index (χ1v) is 7.99. The van der Waals surface area contributed by atoms with E-state index in [1.807, 2.05) is 0 Å². The number of fused-ring (bicyclic) bond motifs is 2. The van der Waals surface area contributed by atoms with Gasteiger partial charge in [-0.3, -0.25) is 9.63 Å². The van der Waals surface area contributed by atoms with Gasteiger partial charge in [0.1, 0.15) is 11.9 Å². The van der Waals surface area contributed by atoms with E-state index < -0.39 is 27.7 Å². The number of amides is 3. The van der Waals surface area contributed by atoms with Crippen LogP contribution in [-0.2, 0) is 19.5 Å². The van der Waals surface area contributed by atoms with Crippen LogP contribution in [-0.4, -0.2) is 68.2 Å². The minimum absolute atomic E-state index is 0.0311. The molecule has 2 aliphatic rings. The Kier molecular flexibility index (Phi) is 3.68. The molecule has 2 heterocycles. The van der Waals surface area contributed by atoms with Gasteiger partial charge in [-0.15, -0.1) is 0 Å². The second-order valence-electron chi connectivity index (χ2n) is 4.80. The van der Waals surface area contributed by atoms with Crippen molar-refractivity contribution in [2.75, 3.05) is 25.8 Å². The van der Waals surface area contributed by atoms with E-state index in [1.54, 1.807) is 0 Å². The summed E-state index contributed by atoms with van der Waals surface area (Å²) in [6.45, 7) is 0.434. The largest absolute Gasteiger partial charge is 0.345 e. The van der Waals surface area contributed by atoms with E-state index in [0.29, 0.717) is 19.4 Å². The number of carbonyl (C=O) groups is 2. The smallest absolute Gasteiger partial charge is 0.340 e. The molecular weight excluding hydrogens is 274 g/mol. The summed E-state index contributed by atoms with van der Waals surface area (Å²) in [5.74, 6) is -0.850. The molecule has 0 unspecified atom stereocenters. The van der Waals surface area contributed by atoms with E-state index >= 15 is 0 Å². The van der Waals surface area contributed by atoms with Crippen molar-refractivity contribution in [3.8, 4) is 0 Å². The third kappa shape index (κ3) is 2.81. The Balaban J connectivity index is 2.03. The van der Waals surface area contributed by atoms with Crippen LogP contribution in [0.1, 0.15) is 12.8 Å². The summed E-state index contributed by atoms with van der Waals surface area (Å²) in [6, 6.07) is -0.994. The van der Waals surface area contributed by atoms with Crippen LogP contribution in [0.25, 0.3) is 0 Å². The topological polar surface area (TPSA) is 96.0 Å². The molecule has 0 aromatic carbocycles. The van der Waals surface area contributed by atoms with E-state index in [-0.39, 0.29) is 12.1 Å². The Bertz CT molecular complexity index is 491. The van der Waals surface area contributed by atoms with Crippen molar-refractivity contribution in [3.05, 3.63) is 0 Å². The van der Waals surface area contributed by atoms with E-state index in [1.165, 1.54) is 17.1 Å². The standard InChI is InChI=1S/C10H17N3O5S/c1-18-13-7-3-4-8(12(5-7)10(13)15)9(14)11-6-19(2,16)17/h7-8H,3-6H2,1-2H3,(H,11,14)/t7-,8+/m1/s1. The molecule has 2 rings (SSSR count). The van der Waals surface area contributed by atoms with Crippen molar-refractivity contribution in [2.45, 2.75) is 24.9 Å². The minimum atomic E-state index is -3.27. The molecule has 2 aliphatic heterocycles. The number of hydroxylamine groups is 2. The fourth-order valence-electron chi connectivity index (χ4n) is 2.46. The molecule has 3 amide bonds. The van der Waals surface area contributed by atoms with Crippen LogP contribution in [0.4, 0.5) is 4.79 Å². The summed E-state index contributed by atoms with van der Waals surface area (Å²) < 4.78 is 22.0. The Morgan fingerprint density at radius 3 is 2.74 bits per heavy atom. The maximum atomic E-state index is 12.0. The van der Waals surface area contributed by atoms with Gasteiger partial charge in [-0.05, 0) is 12.8 Å². The molecule has 8 nitrogen and oxygen atoms in total. The molecule has 0 spiro atoms. The molecular formula is C10H17N3O5S. The Hall–Kier alpha value is -1.35. The lowest BCUT2D eigenvalue weighted by molar-refractivity contribution is -0.125. The van der Waals surface area contributed by atoms with Gasteiger partial charge in [0, 0.05) is 12.8 Å². The van der Waals surface area contributed by atoms with Crippen LogP contribution < -0.4 is 5.32 Å². The fraction of sp³-hybridized carbons (Fsp3) is 0.800. The molecule has 0 aromatic heterocycles. The number of carbonyl (C=O) groups excluding carboxylic acids is 2. The lowest BCUT2D eigenvalue weighted by Crippen LogP contribution is -2.50. The number of nitrogens with one attached hydrogen (secondary N) is 1.